The van der Waals surface area contributed by atoms with Crippen LogP contribution in [0.2, 0.25) is 0 Å². The highest BCUT2D eigenvalue weighted by Gasteiger charge is 2.29. The number of aromatic carboxylic acids is 1. The first-order valence-corrected chi connectivity index (χ1v) is 7.88. The van der Waals surface area contributed by atoms with Crippen LogP contribution in [0.15, 0.2) is 48.5 Å². The Bertz CT molecular complexity index is 652. The number of aliphatic hydroxyl groups is 1. The summed E-state index contributed by atoms with van der Waals surface area (Å²) in [6, 6.07) is 14.8. The Morgan fingerprint density at radius 3 is 2.48 bits per heavy atom. The number of ether oxygens (including phenoxy) is 1. The second-order valence-corrected chi connectivity index (χ2v) is 5.18. The Hall–Kier alpha value is -2.33. The van der Waals surface area contributed by atoms with Gasteiger partial charge in [-0.15, -0.1) is 0 Å². The van der Waals surface area contributed by atoms with Crippen molar-refractivity contribution in [2.75, 3.05) is 6.61 Å². The van der Waals surface area contributed by atoms with E-state index in [9.17, 15) is 9.90 Å². The van der Waals surface area contributed by atoms with Crippen LogP contribution < -0.4 is 4.74 Å². The lowest BCUT2D eigenvalue weighted by molar-refractivity contribution is 0.0695. The third kappa shape index (κ3) is 3.71. The van der Waals surface area contributed by atoms with E-state index < -0.39 is 5.97 Å². The number of fused-ring (bicyclic) bond motifs is 1. The number of hydrogen-bond acceptors (Lipinski definition) is 3. The molecule has 1 heterocycles. The molecule has 2 N–H and O–H groups in total. The first-order valence-electron chi connectivity index (χ1n) is 7.88. The van der Waals surface area contributed by atoms with Crippen LogP contribution in [-0.4, -0.2) is 28.9 Å². The summed E-state index contributed by atoms with van der Waals surface area (Å²) < 4.78 is 5.72. The van der Waals surface area contributed by atoms with Crippen LogP contribution in [0.3, 0.4) is 0 Å². The third-order valence-corrected chi connectivity index (χ3v) is 3.83. The Balaban J connectivity index is 0.000000924. The molecule has 23 heavy (non-hydrogen) atoms. The Kier molecular flexibility index (Phi) is 5.77. The van der Waals surface area contributed by atoms with Crippen molar-refractivity contribution in [3.05, 3.63) is 65.2 Å². The summed E-state index contributed by atoms with van der Waals surface area (Å²) >= 11 is 0. The average Bonchev–Trinajstić information content (AvgIpc) is 2.62. The smallest absolute Gasteiger partial charge is 0.335 e. The average molecular weight is 314 g/mol. The molecular weight excluding hydrogens is 292 g/mol. The van der Waals surface area contributed by atoms with Gasteiger partial charge in [0.05, 0.1) is 12.2 Å². The molecule has 0 fully saturated rings. The summed E-state index contributed by atoms with van der Waals surface area (Å²) in [5.74, 6) is -0.264. The molecule has 1 aliphatic heterocycles. The van der Waals surface area contributed by atoms with Gasteiger partial charge in [-0.1, -0.05) is 44.2 Å². The number of hydrogen-bond donors (Lipinski definition) is 2. The molecule has 2 aromatic carbocycles. The number of carboxylic acid groups (broad SMARTS) is 1. The maximum Gasteiger partial charge on any atom is 0.335 e. The van der Waals surface area contributed by atoms with Gasteiger partial charge in [-0.3, -0.25) is 0 Å². The highest BCUT2D eigenvalue weighted by Crippen LogP contribution is 2.40. The number of carboxylic acids is 1. The minimum Gasteiger partial charge on any atom is -0.488 e. The van der Waals surface area contributed by atoms with E-state index in [1.54, 1.807) is 12.1 Å². The van der Waals surface area contributed by atoms with Crippen molar-refractivity contribution in [3.63, 3.8) is 0 Å². The quantitative estimate of drug-likeness (QED) is 0.907. The van der Waals surface area contributed by atoms with Gasteiger partial charge in [-0.25, -0.2) is 4.79 Å². The van der Waals surface area contributed by atoms with Crippen molar-refractivity contribution in [2.45, 2.75) is 32.3 Å². The van der Waals surface area contributed by atoms with E-state index in [0.717, 1.165) is 11.1 Å². The van der Waals surface area contributed by atoms with Crippen LogP contribution >= 0.6 is 0 Å². The van der Waals surface area contributed by atoms with Crippen LogP contribution in [0, 0.1) is 0 Å². The number of carbonyl (C=O) groups is 1. The molecule has 3 rings (SSSR count). The maximum absolute atomic E-state index is 11.2. The van der Waals surface area contributed by atoms with Crippen LogP contribution in [0.25, 0.3) is 0 Å². The first-order chi connectivity index (χ1) is 11.2. The van der Waals surface area contributed by atoms with E-state index in [4.69, 9.17) is 9.84 Å². The highest BCUT2D eigenvalue weighted by molar-refractivity contribution is 5.88. The van der Waals surface area contributed by atoms with E-state index in [1.807, 2.05) is 44.2 Å². The summed E-state index contributed by atoms with van der Waals surface area (Å²) in [4.78, 5) is 11.2. The number of benzene rings is 2. The van der Waals surface area contributed by atoms with Crippen molar-refractivity contribution in [1.29, 1.82) is 0 Å². The SMILES string of the molecule is CC.O=C(O)c1ccc2c(c1)C(c1ccccc1)CC(CO)O2. The Morgan fingerprint density at radius 1 is 1.17 bits per heavy atom. The molecule has 0 aliphatic carbocycles. The van der Waals surface area contributed by atoms with Crippen LogP contribution in [0.4, 0.5) is 0 Å². The molecule has 1 aliphatic rings. The normalized spacial score (nSPS) is 18.9. The van der Waals surface area contributed by atoms with E-state index in [1.165, 1.54) is 6.07 Å². The molecule has 0 saturated carbocycles. The third-order valence-electron chi connectivity index (χ3n) is 3.83. The molecule has 0 spiro atoms. The predicted octanol–water partition coefficient (Wildman–Crippen LogP) is 3.69. The van der Waals surface area contributed by atoms with Gasteiger partial charge < -0.3 is 14.9 Å². The molecule has 2 aromatic rings. The largest absolute Gasteiger partial charge is 0.488 e. The molecule has 0 aromatic heterocycles. The molecule has 2 atom stereocenters. The molecule has 0 saturated heterocycles. The van der Waals surface area contributed by atoms with Gasteiger partial charge in [0, 0.05) is 11.5 Å². The highest BCUT2D eigenvalue weighted by atomic mass is 16.5. The topological polar surface area (TPSA) is 66.8 Å². The molecule has 4 heteroatoms. The van der Waals surface area contributed by atoms with Gasteiger partial charge in [-0.2, -0.15) is 0 Å². The van der Waals surface area contributed by atoms with E-state index in [2.05, 4.69) is 0 Å². The second-order valence-electron chi connectivity index (χ2n) is 5.18. The molecule has 0 radical (unpaired) electrons. The molecule has 0 bridgehead atoms. The van der Waals surface area contributed by atoms with Crippen molar-refractivity contribution >= 4 is 5.97 Å². The van der Waals surface area contributed by atoms with Crippen LogP contribution in [-0.2, 0) is 0 Å². The van der Waals surface area contributed by atoms with Gasteiger partial charge in [-0.05, 0) is 30.2 Å². The molecule has 4 nitrogen and oxygen atoms in total. The van der Waals surface area contributed by atoms with E-state index in [0.29, 0.717) is 12.2 Å². The Morgan fingerprint density at radius 2 is 1.87 bits per heavy atom. The molecule has 122 valence electrons. The monoisotopic (exact) mass is 314 g/mol. The van der Waals surface area contributed by atoms with Crippen molar-refractivity contribution < 1.29 is 19.7 Å². The zero-order valence-corrected chi connectivity index (χ0v) is 13.4. The van der Waals surface area contributed by atoms with Crippen molar-refractivity contribution in [3.8, 4) is 5.75 Å². The van der Waals surface area contributed by atoms with Gasteiger partial charge in [0.2, 0.25) is 0 Å². The maximum atomic E-state index is 11.2. The van der Waals surface area contributed by atoms with Gasteiger partial charge >= 0.3 is 5.97 Å². The van der Waals surface area contributed by atoms with E-state index >= 15 is 0 Å². The summed E-state index contributed by atoms with van der Waals surface area (Å²) in [6.45, 7) is 3.95. The van der Waals surface area contributed by atoms with Crippen molar-refractivity contribution in [2.24, 2.45) is 0 Å². The lowest BCUT2D eigenvalue weighted by Crippen LogP contribution is -2.29. The molecule has 0 amide bonds. The lowest BCUT2D eigenvalue weighted by atomic mass is 9.83. The first kappa shape index (κ1) is 17.0. The van der Waals surface area contributed by atoms with Gasteiger partial charge in [0.1, 0.15) is 11.9 Å². The van der Waals surface area contributed by atoms with Crippen LogP contribution in [0.1, 0.15) is 47.7 Å². The zero-order chi connectivity index (χ0) is 16.8. The predicted molar refractivity (Wildman–Crippen MR) is 89.2 cm³/mol. The van der Waals surface area contributed by atoms with Gasteiger partial charge in [0.25, 0.3) is 0 Å². The summed E-state index contributed by atoms with van der Waals surface area (Å²) in [7, 11) is 0. The summed E-state index contributed by atoms with van der Waals surface area (Å²) in [5.41, 5.74) is 2.22. The van der Waals surface area contributed by atoms with Crippen molar-refractivity contribution in [1.82, 2.24) is 0 Å². The molecular formula is C19H22O4. The zero-order valence-electron chi connectivity index (χ0n) is 13.4. The standard InChI is InChI=1S/C17H16O4.C2H6/c18-10-13-9-14(11-4-2-1-3-5-11)15-8-12(17(19)20)6-7-16(15)21-13;1-2/h1-8,13-14,18H,9-10H2,(H,19,20);1-2H3. The van der Waals surface area contributed by atoms with Crippen LogP contribution in [0.5, 0.6) is 5.75 Å². The lowest BCUT2D eigenvalue weighted by Gasteiger charge is -2.32. The fourth-order valence-corrected chi connectivity index (χ4v) is 2.79. The molecule has 2 unspecified atom stereocenters. The fraction of sp³-hybridized carbons (Fsp3) is 0.316. The number of rotatable bonds is 3. The summed E-state index contributed by atoms with van der Waals surface area (Å²) in [6.07, 6.45) is 0.370. The fourth-order valence-electron chi connectivity index (χ4n) is 2.79. The minimum absolute atomic E-state index is 0.0337. The Labute approximate surface area is 136 Å². The van der Waals surface area contributed by atoms with E-state index in [-0.39, 0.29) is 24.2 Å². The second kappa shape index (κ2) is 7.79. The minimum atomic E-state index is -0.950. The summed E-state index contributed by atoms with van der Waals surface area (Å²) in [5, 5.41) is 18.6. The number of aliphatic hydroxyl groups excluding tert-OH is 1. The van der Waals surface area contributed by atoms with Gasteiger partial charge in [0.15, 0.2) is 0 Å².